The Morgan fingerprint density at radius 1 is 0.971 bits per heavy atom. The molecule has 2 aliphatic rings. The molecule has 10 heteroatoms. The highest BCUT2D eigenvalue weighted by Crippen LogP contribution is 2.52. The first-order valence-corrected chi connectivity index (χ1v) is 11.1. The second kappa shape index (κ2) is 8.79. The topological polar surface area (TPSA) is 44.4 Å². The molecule has 2 aromatic carbocycles. The number of benzene rings is 2. The summed E-state index contributed by atoms with van der Waals surface area (Å²) in [7, 11) is 1.19. The number of carbonyl (C=O) groups is 1. The maximum absolute atomic E-state index is 13.9. The smallest absolute Gasteiger partial charge is 0.387 e. The summed E-state index contributed by atoms with van der Waals surface area (Å²) < 4.78 is 81.4. The SMILES string of the molecule is CNc1cc(C(F)(F)F)cc(C(F)(F)F)c1C(=O)NC(c1ccccc1)C1(N2CCCC2)CC1. The van der Waals surface area contributed by atoms with E-state index >= 15 is 0 Å². The minimum atomic E-state index is -5.16. The molecule has 0 aromatic heterocycles. The number of amides is 1. The van der Waals surface area contributed by atoms with Gasteiger partial charge in [-0.05, 0) is 56.5 Å². The lowest BCUT2D eigenvalue weighted by molar-refractivity contribution is -0.143. The molecule has 1 atom stereocenters. The van der Waals surface area contributed by atoms with E-state index in [0.29, 0.717) is 6.07 Å². The second-order valence-corrected chi connectivity index (χ2v) is 8.81. The number of rotatable bonds is 6. The van der Waals surface area contributed by atoms with Crippen LogP contribution in [0.3, 0.4) is 0 Å². The lowest BCUT2D eigenvalue weighted by Crippen LogP contribution is -2.47. The van der Waals surface area contributed by atoms with Crippen LogP contribution in [-0.2, 0) is 12.4 Å². The molecule has 1 saturated carbocycles. The van der Waals surface area contributed by atoms with Crippen LogP contribution in [0.2, 0.25) is 0 Å². The Labute approximate surface area is 193 Å². The van der Waals surface area contributed by atoms with Gasteiger partial charge in [0.1, 0.15) is 0 Å². The summed E-state index contributed by atoms with van der Waals surface area (Å²) in [6.45, 7) is 1.66. The van der Waals surface area contributed by atoms with Crippen molar-refractivity contribution in [3.05, 3.63) is 64.7 Å². The number of alkyl halides is 6. The Bertz CT molecular complexity index is 1040. The van der Waals surface area contributed by atoms with Gasteiger partial charge in [-0.2, -0.15) is 26.3 Å². The van der Waals surface area contributed by atoms with Crippen LogP contribution >= 0.6 is 0 Å². The summed E-state index contributed by atoms with van der Waals surface area (Å²) in [5.41, 5.74) is -4.15. The number of hydrogen-bond donors (Lipinski definition) is 2. The van der Waals surface area contributed by atoms with Crippen LogP contribution in [0, 0.1) is 0 Å². The highest BCUT2D eigenvalue weighted by molar-refractivity contribution is 6.02. The number of anilines is 1. The van der Waals surface area contributed by atoms with Crippen molar-refractivity contribution in [2.24, 2.45) is 0 Å². The van der Waals surface area contributed by atoms with Crippen LogP contribution in [0.25, 0.3) is 0 Å². The van der Waals surface area contributed by atoms with Crippen LogP contribution in [0.4, 0.5) is 32.0 Å². The Morgan fingerprint density at radius 2 is 1.59 bits per heavy atom. The number of nitrogens with zero attached hydrogens (tertiary/aromatic N) is 1. The van der Waals surface area contributed by atoms with Crippen molar-refractivity contribution in [3.8, 4) is 0 Å². The first kappa shape index (κ1) is 24.4. The predicted molar refractivity (Wildman–Crippen MR) is 115 cm³/mol. The third-order valence-corrected chi connectivity index (χ3v) is 6.71. The number of hydrogen-bond acceptors (Lipinski definition) is 3. The van der Waals surface area contributed by atoms with Gasteiger partial charge in [-0.25, -0.2) is 0 Å². The molecule has 1 heterocycles. The molecular weight excluding hydrogens is 460 g/mol. The van der Waals surface area contributed by atoms with Crippen molar-refractivity contribution in [2.45, 2.75) is 49.6 Å². The monoisotopic (exact) mass is 485 g/mol. The highest BCUT2D eigenvalue weighted by Gasteiger charge is 2.55. The summed E-state index contributed by atoms with van der Waals surface area (Å²) in [6.07, 6.45) is -6.62. The molecule has 1 unspecified atom stereocenters. The van der Waals surface area contributed by atoms with E-state index in [0.717, 1.165) is 44.3 Å². The average molecular weight is 485 g/mol. The second-order valence-electron chi connectivity index (χ2n) is 8.81. The lowest BCUT2D eigenvalue weighted by Gasteiger charge is -2.36. The normalized spacial score (nSPS) is 19.0. The third-order valence-electron chi connectivity index (χ3n) is 6.71. The van der Waals surface area contributed by atoms with E-state index in [2.05, 4.69) is 15.5 Å². The summed E-state index contributed by atoms with van der Waals surface area (Å²) in [5.74, 6) is -1.07. The predicted octanol–water partition coefficient (Wildman–Crippen LogP) is 5.87. The summed E-state index contributed by atoms with van der Waals surface area (Å²) >= 11 is 0. The van der Waals surface area contributed by atoms with Crippen molar-refractivity contribution in [1.29, 1.82) is 0 Å². The van der Waals surface area contributed by atoms with Gasteiger partial charge in [-0.3, -0.25) is 9.69 Å². The largest absolute Gasteiger partial charge is 0.417 e. The molecule has 34 heavy (non-hydrogen) atoms. The van der Waals surface area contributed by atoms with Gasteiger partial charge < -0.3 is 10.6 Å². The van der Waals surface area contributed by atoms with Gasteiger partial charge in [0.15, 0.2) is 0 Å². The molecule has 0 bridgehead atoms. The van der Waals surface area contributed by atoms with Crippen molar-refractivity contribution in [1.82, 2.24) is 10.2 Å². The highest BCUT2D eigenvalue weighted by atomic mass is 19.4. The fraction of sp³-hybridized carbons (Fsp3) is 0.458. The quantitative estimate of drug-likeness (QED) is 0.504. The van der Waals surface area contributed by atoms with Crippen molar-refractivity contribution in [2.75, 3.05) is 25.5 Å². The van der Waals surface area contributed by atoms with Crippen LogP contribution in [0.5, 0.6) is 0 Å². The van der Waals surface area contributed by atoms with Crippen molar-refractivity contribution < 1.29 is 31.1 Å². The van der Waals surface area contributed by atoms with Gasteiger partial charge in [0, 0.05) is 18.3 Å². The number of halogens is 6. The van der Waals surface area contributed by atoms with Gasteiger partial charge in [0.05, 0.1) is 22.7 Å². The molecular formula is C24H25F6N3O. The van der Waals surface area contributed by atoms with E-state index < -0.39 is 52.2 Å². The zero-order valence-electron chi connectivity index (χ0n) is 18.5. The lowest BCUT2D eigenvalue weighted by atomic mass is 9.94. The number of nitrogens with one attached hydrogen (secondary N) is 2. The zero-order valence-corrected chi connectivity index (χ0v) is 18.5. The molecule has 184 valence electrons. The van der Waals surface area contributed by atoms with Gasteiger partial charge in [0.25, 0.3) is 5.91 Å². The first-order valence-electron chi connectivity index (χ1n) is 11.1. The van der Waals surface area contributed by atoms with Crippen molar-refractivity contribution >= 4 is 11.6 Å². The molecule has 1 aliphatic carbocycles. The van der Waals surface area contributed by atoms with Crippen LogP contribution in [-0.4, -0.2) is 36.5 Å². The molecule has 0 spiro atoms. The van der Waals surface area contributed by atoms with E-state index in [9.17, 15) is 31.1 Å². The Hall–Kier alpha value is -2.75. The minimum Gasteiger partial charge on any atom is -0.387 e. The fourth-order valence-electron chi connectivity index (χ4n) is 4.93. The minimum absolute atomic E-state index is 0.000635. The average Bonchev–Trinajstić information content (AvgIpc) is 3.39. The molecule has 4 nitrogen and oxygen atoms in total. The molecule has 0 radical (unpaired) electrons. The van der Waals surface area contributed by atoms with Gasteiger partial charge in [-0.1, -0.05) is 30.3 Å². The maximum atomic E-state index is 13.9. The van der Waals surface area contributed by atoms with E-state index in [-0.39, 0.29) is 6.07 Å². The van der Waals surface area contributed by atoms with E-state index in [1.54, 1.807) is 30.3 Å². The molecule has 2 aromatic rings. The molecule has 1 saturated heterocycles. The Morgan fingerprint density at radius 3 is 2.09 bits per heavy atom. The molecule has 4 rings (SSSR count). The van der Waals surface area contributed by atoms with Crippen molar-refractivity contribution in [3.63, 3.8) is 0 Å². The molecule has 1 amide bonds. The van der Waals surface area contributed by atoms with E-state index in [4.69, 9.17) is 0 Å². The number of carbonyl (C=O) groups excluding carboxylic acids is 1. The molecule has 1 aliphatic heterocycles. The summed E-state index contributed by atoms with van der Waals surface area (Å²) in [5, 5.41) is 5.13. The van der Waals surface area contributed by atoms with Gasteiger partial charge in [0.2, 0.25) is 0 Å². The van der Waals surface area contributed by atoms with Gasteiger partial charge in [-0.15, -0.1) is 0 Å². The first-order chi connectivity index (χ1) is 16.0. The number of likely N-dealkylation sites (tertiary alicyclic amines) is 1. The Kier molecular flexibility index (Phi) is 6.30. The maximum Gasteiger partial charge on any atom is 0.417 e. The fourth-order valence-corrected chi connectivity index (χ4v) is 4.93. The van der Waals surface area contributed by atoms with E-state index in [1.165, 1.54) is 7.05 Å². The van der Waals surface area contributed by atoms with E-state index in [1.807, 2.05) is 0 Å². The van der Waals surface area contributed by atoms with Crippen LogP contribution in [0.1, 0.15) is 58.8 Å². The Balaban J connectivity index is 1.78. The zero-order chi connectivity index (χ0) is 24.7. The van der Waals surface area contributed by atoms with Crippen LogP contribution in [0.15, 0.2) is 42.5 Å². The molecule has 2 fully saturated rings. The van der Waals surface area contributed by atoms with Crippen LogP contribution < -0.4 is 10.6 Å². The van der Waals surface area contributed by atoms with Gasteiger partial charge >= 0.3 is 12.4 Å². The summed E-state index contributed by atoms with van der Waals surface area (Å²) in [4.78, 5) is 15.6. The molecule has 2 N–H and O–H groups in total. The summed E-state index contributed by atoms with van der Waals surface area (Å²) in [6, 6.07) is 8.91. The standard InChI is InChI=1S/C24H25F6N3O/c1-31-18-14-16(23(25,26)27)13-17(24(28,29)30)19(18)21(34)32-20(15-7-3-2-4-8-15)22(9-10-22)33-11-5-6-12-33/h2-4,7-8,13-14,20,31H,5-6,9-12H2,1H3,(H,32,34). The third kappa shape index (κ3) is 4.60.